The van der Waals surface area contributed by atoms with Crippen LogP contribution in [0.5, 0.6) is 0 Å². The van der Waals surface area contributed by atoms with Gasteiger partial charge in [-0.05, 0) is 30.9 Å². The maximum absolute atomic E-state index is 12.3. The van der Waals surface area contributed by atoms with E-state index in [-0.39, 0.29) is 34.7 Å². The molecule has 108 valence electrons. The Morgan fingerprint density at radius 3 is 2.65 bits per heavy atom. The van der Waals surface area contributed by atoms with Crippen molar-refractivity contribution in [2.24, 2.45) is 5.92 Å². The van der Waals surface area contributed by atoms with Crippen LogP contribution in [0.15, 0.2) is 18.2 Å². The minimum atomic E-state index is -0.600. The van der Waals surface area contributed by atoms with Crippen LogP contribution in [-0.4, -0.2) is 40.5 Å². The number of nitro benzene ring substituents is 1. The van der Waals surface area contributed by atoms with Crippen LogP contribution in [0.1, 0.15) is 23.2 Å². The third-order valence-corrected chi connectivity index (χ3v) is 3.87. The second kappa shape index (κ2) is 6.19. The highest BCUT2D eigenvalue weighted by Gasteiger charge is 2.24. The normalized spacial score (nSPS) is 16.2. The first kappa shape index (κ1) is 14.7. The molecule has 1 aromatic carbocycles. The first-order valence-corrected chi connectivity index (χ1v) is 6.74. The van der Waals surface area contributed by atoms with Gasteiger partial charge in [-0.25, -0.2) is 0 Å². The highest BCUT2D eigenvalue weighted by molar-refractivity contribution is 6.32. The molecule has 1 saturated heterocycles. The molecule has 0 aromatic heterocycles. The zero-order chi connectivity index (χ0) is 14.7. The van der Waals surface area contributed by atoms with Crippen molar-refractivity contribution in [1.29, 1.82) is 0 Å². The van der Waals surface area contributed by atoms with Gasteiger partial charge in [-0.15, -0.1) is 0 Å². The molecule has 0 aliphatic carbocycles. The Morgan fingerprint density at radius 1 is 1.45 bits per heavy atom. The Bertz CT molecular complexity index is 527. The van der Waals surface area contributed by atoms with E-state index in [2.05, 4.69) is 0 Å². The highest BCUT2D eigenvalue weighted by atomic mass is 35.5. The summed E-state index contributed by atoms with van der Waals surface area (Å²) in [6, 6.07) is 4.08. The smallest absolute Gasteiger partial charge is 0.288 e. The fourth-order valence-electron chi connectivity index (χ4n) is 2.29. The fourth-order valence-corrected chi connectivity index (χ4v) is 2.47. The molecular formula is C13H15ClN2O4. The molecule has 0 unspecified atom stereocenters. The van der Waals surface area contributed by atoms with E-state index < -0.39 is 4.92 Å². The zero-order valence-electron chi connectivity index (χ0n) is 10.8. The molecule has 0 radical (unpaired) electrons. The summed E-state index contributed by atoms with van der Waals surface area (Å²) in [5, 5.41) is 19.9. The summed E-state index contributed by atoms with van der Waals surface area (Å²) >= 11 is 5.73. The minimum Gasteiger partial charge on any atom is -0.396 e. The van der Waals surface area contributed by atoms with E-state index in [0.717, 1.165) is 12.8 Å². The number of amides is 1. The Labute approximate surface area is 121 Å². The number of carbonyl (C=O) groups excluding carboxylic acids is 1. The average Bonchev–Trinajstić information content (AvgIpc) is 2.47. The third kappa shape index (κ3) is 3.08. The molecule has 0 spiro atoms. The Balaban J connectivity index is 2.14. The number of aliphatic hydroxyl groups excluding tert-OH is 1. The molecule has 1 heterocycles. The van der Waals surface area contributed by atoms with Crippen molar-refractivity contribution in [2.45, 2.75) is 12.8 Å². The van der Waals surface area contributed by atoms with Crippen molar-refractivity contribution in [3.05, 3.63) is 38.9 Å². The predicted molar refractivity (Wildman–Crippen MR) is 73.8 cm³/mol. The van der Waals surface area contributed by atoms with Crippen LogP contribution in [0.3, 0.4) is 0 Å². The molecule has 6 nitrogen and oxygen atoms in total. The molecule has 20 heavy (non-hydrogen) atoms. The van der Waals surface area contributed by atoms with Crippen molar-refractivity contribution < 1.29 is 14.8 Å². The van der Waals surface area contributed by atoms with E-state index in [1.807, 2.05) is 0 Å². The number of aliphatic hydroxyl groups is 1. The number of piperidine rings is 1. The molecule has 0 saturated carbocycles. The van der Waals surface area contributed by atoms with Crippen LogP contribution in [0.2, 0.25) is 5.02 Å². The summed E-state index contributed by atoms with van der Waals surface area (Å²) in [7, 11) is 0. The number of rotatable bonds is 3. The molecule has 0 bridgehead atoms. The standard InChI is InChI=1S/C13H15ClN2O4/c14-11-2-1-10(7-12(11)16(19)20)13(18)15-5-3-9(8-17)4-6-15/h1-2,7,9,17H,3-6,8H2. The van der Waals surface area contributed by atoms with E-state index in [0.29, 0.717) is 13.1 Å². The van der Waals surface area contributed by atoms with E-state index in [4.69, 9.17) is 16.7 Å². The zero-order valence-corrected chi connectivity index (χ0v) is 11.5. The van der Waals surface area contributed by atoms with Gasteiger partial charge in [-0.2, -0.15) is 0 Å². The summed E-state index contributed by atoms with van der Waals surface area (Å²) in [4.78, 5) is 24.2. The highest BCUT2D eigenvalue weighted by Crippen LogP contribution is 2.26. The molecule has 1 fully saturated rings. The quantitative estimate of drug-likeness (QED) is 0.684. The molecule has 1 N–H and O–H groups in total. The maximum Gasteiger partial charge on any atom is 0.288 e. The van der Waals surface area contributed by atoms with Gasteiger partial charge in [0, 0.05) is 31.3 Å². The van der Waals surface area contributed by atoms with Gasteiger partial charge in [0.05, 0.1) is 4.92 Å². The molecule has 1 aliphatic rings. The van der Waals surface area contributed by atoms with Crippen LogP contribution in [0.4, 0.5) is 5.69 Å². The van der Waals surface area contributed by atoms with E-state index in [9.17, 15) is 14.9 Å². The van der Waals surface area contributed by atoms with E-state index >= 15 is 0 Å². The number of nitrogens with zero attached hydrogens (tertiary/aromatic N) is 2. The summed E-state index contributed by atoms with van der Waals surface area (Å²) < 4.78 is 0. The first-order chi connectivity index (χ1) is 9.52. The lowest BCUT2D eigenvalue weighted by Crippen LogP contribution is -2.39. The van der Waals surface area contributed by atoms with Gasteiger partial charge in [0.2, 0.25) is 0 Å². The molecule has 1 aliphatic heterocycles. The number of nitro groups is 1. The lowest BCUT2D eigenvalue weighted by atomic mass is 9.97. The summed E-state index contributed by atoms with van der Waals surface area (Å²) in [6.07, 6.45) is 1.50. The van der Waals surface area contributed by atoms with Crippen molar-refractivity contribution in [3.63, 3.8) is 0 Å². The van der Waals surface area contributed by atoms with Crippen LogP contribution in [0, 0.1) is 16.0 Å². The van der Waals surface area contributed by atoms with Gasteiger partial charge in [-0.3, -0.25) is 14.9 Å². The maximum atomic E-state index is 12.3. The van der Waals surface area contributed by atoms with Gasteiger partial charge in [0.25, 0.3) is 11.6 Å². The van der Waals surface area contributed by atoms with Crippen molar-refractivity contribution >= 4 is 23.2 Å². The number of hydrogen-bond acceptors (Lipinski definition) is 4. The fraction of sp³-hybridized carbons (Fsp3) is 0.462. The number of halogens is 1. The SMILES string of the molecule is O=C(c1ccc(Cl)c([N+](=O)[O-])c1)N1CCC(CO)CC1. The molecule has 7 heteroatoms. The molecule has 0 atom stereocenters. The lowest BCUT2D eigenvalue weighted by Gasteiger charge is -2.31. The largest absolute Gasteiger partial charge is 0.396 e. The predicted octanol–water partition coefficient (Wildman–Crippen LogP) is 2.09. The van der Waals surface area contributed by atoms with E-state index in [1.165, 1.54) is 18.2 Å². The first-order valence-electron chi connectivity index (χ1n) is 6.37. The third-order valence-electron chi connectivity index (χ3n) is 3.55. The van der Waals surface area contributed by atoms with E-state index in [1.54, 1.807) is 4.90 Å². The second-order valence-corrected chi connectivity index (χ2v) is 5.25. The van der Waals surface area contributed by atoms with Gasteiger partial charge >= 0.3 is 0 Å². The molecular weight excluding hydrogens is 284 g/mol. The molecule has 1 amide bonds. The van der Waals surface area contributed by atoms with Crippen LogP contribution < -0.4 is 0 Å². The number of hydrogen-bond donors (Lipinski definition) is 1. The lowest BCUT2D eigenvalue weighted by molar-refractivity contribution is -0.384. The topological polar surface area (TPSA) is 83.7 Å². The minimum absolute atomic E-state index is 0.0190. The average molecular weight is 299 g/mol. The van der Waals surface area contributed by atoms with Crippen molar-refractivity contribution in [1.82, 2.24) is 4.90 Å². The second-order valence-electron chi connectivity index (χ2n) is 4.84. The van der Waals surface area contributed by atoms with Crippen LogP contribution >= 0.6 is 11.6 Å². The van der Waals surface area contributed by atoms with Crippen LogP contribution in [-0.2, 0) is 0 Å². The van der Waals surface area contributed by atoms with Gasteiger partial charge in [0.15, 0.2) is 0 Å². The Hall–Kier alpha value is -1.66. The van der Waals surface area contributed by atoms with Gasteiger partial charge < -0.3 is 10.0 Å². The van der Waals surface area contributed by atoms with Crippen LogP contribution in [0.25, 0.3) is 0 Å². The summed E-state index contributed by atoms with van der Waals surface area (Å²) in [6.45, 7) is 1.25. The number of likely N-dealkylation sites (tertiary alicyclic amines) is 1. The number of carbonyl (C=O) groups is 1. The van der Waals surface area contributed by atoms with Crippen molar-refractivity contribution in [3.8, 4) is 0 Å². The van der Waals surface area contributed by atoms with Gasteiger partial charge in [0.1, 0.15) is 5.02 Å². The summed E-state index contributed by atoms with van der Waals surface area (Å²) in [5.74, 6) is -0.000222. The Morgan fingerprint density at radius 2 is 2.10 bits per heavy atom. The summed E-state index contributed by atoms with van der Waals surface area (Å²) in [5.41, 5.74) is 0.00584. The van der Waals surface area contributed by atoms with Crippen molar-refractivity contribution in [2.75, 3.05) is 19.7 Å². The monoisotopic (exact) mass is 298 g/mol. The molecule has 1 aromatic rings. The van der Waals surface area contributed by atoms with Gasteiger partial charge in [-0.1, -0.05) is 11.6 Å². The number of benzene rings is 1. The Kier molecular flexibility index (Phi) is 4.57. The molecule has 2 rings (SSSR count).